The molecule has 0 heterocycles. The maximum atomic E-state index is 10.4. The summed E-state index contributed by atoms with van der Waals surface area (Å²) in [7, 11) is 0. The van der Waals surface area contributed by atoms with Gasteiger partial charge in [0.25, 0.3) is 0 Å². The summed E-state index contributed by atoms with van der Waals surface area (Å²) in [6.45, 7) is 8.07. The first-order valence-electron chi connectivity index (χ1n) is 3.43. The molecule has 0 N–H and O–H groups in total. The predicted octanol–water partition coefficient (Wildman–Crippen LogP) is -2.57. The predicted molar refractivity (Wildman–Crippen MR) is 37.0 cm³/mol. The molecule has 0 aliphatic rings. The molecule has 0 spiro atoms. The Balaban J connectivity index is 0. The van der Waals surface area contributed by atoms with Crippen molar-refractivity contribution in [2.24, 2.45) is 0 Å². The molecule has 0 aromatic heterocycles. The minimum absolute atomic E-state index is 0. The molecule has 0 saturated heterocycles. The van der Waals surface area contributed by atoms with Gasteiger partial charge in [0.2, 0.25) is 0 Å². The van der Waals surface area contributed by atoms with E-state index in [1.807, 2.05) is 32.6 Å². The van der Waals surface area contributed by atoms with Crippen molar-refractivity contribution in [2.45, 2.75) is 39.8 Å². The first kappa shape index (κ1) is 13.1. The van der Waals surface area contributed by atoms with Crippen LogP contribution >= 0.6 is 0 Å². The minimum atomic E-state index is -0.0880. The number of rotatable bonds is 3. The van der Waals surface area contributed by atoms with Crippen molar-refractivity contribution in [1.29, 1.82) is 0 Å². The summed E-state index contributed by atoms with van der Waals surface area (Å²) in [5, 5.41) is 10.4. The van der Waals surface area contributed by atoms with Crippen molar-refractivity contribution in [3.63, 3.8) is 0 Å². The van der Waals surface area contributed by atoms with E-state index in [0.717, 1.165) is 0 Å². The third-order valence-electron chi connectivity index (χ3n) is 1.48. The second-order valence-electron chi connectivity index (χ2n) is 2.83. The zero-order chi connectivity index (χ0) is 7.44. The normalized spacial score (nSPS) is 10.8. The van der Waals surface area contributed by atoms with Crippen molar-refractivity contribution >= 4 is 0 Å². The fourth-order valence-electron chi connectivity index (χ4n) is 0.894. The van der Waals surface area contributed by atoms with E-state index in [2.05, 4.69) is 0 Å². The van der Waals surface area contributed by atoms with Crippen molar-refractivity contribution in [3.05, 3.63) is 0 Å². The average molecular weight is 137 g/mol. The standard InChI is InChI=1S/C7H16NO.Li/c1-6(2)8(5-9)7(3)4;/h6-7H,5H2,1-4H3;/q-1;+1. The van der Waals surface area contributed by atoms with Crippen molar-refractivity contribution in [2.75, 3.05) is 6.73 Å². The maximum absolute atomic E-state index is 10.4. The summed E-state index contributed by atoms with van der Waals surface area (Å²) >= 11 is 0. The molecule has 0 fully saturated rings. The Morgan fingerprint density at radius 3 is 1.40 bits per heavy atom. The fraction of sp³-hybridized carbons (Fsp3) is 1.00. The van der Waals surface area contributed by atoms with E-state index in [1.165, 1.54) is 0 Å². The van der Waals surface area contributed by atoms with E-state index in [1.54, 1.807) is 0 Å². The average Bonchev–Trinajstić information content (AvgIpc) is 1.64. The van der Waals surface area contributed by atoms with Gasteiger partial charge in [0.05, 0.1) is 0 Å². The first-order chi connectivity index (χ1) is 4.09. The molecule has 2 nitrogen and oxygen atoms in total. The zero-order valence-corrected chi connectivity index (χ0v) is 7.72. The SMILES string of the molecule is CC(C)N(C[O-])C(C)C.[Li+]. The summed E-state index contributed by atoms with van der Waals surface area (Å²) in [6.07, 6.45) is 0. The monoisotopic (exact) mass is 137 g/mol. The Bertz CT molecular complexity index is 68.0. The number of hydrogen-bond acceptors (Lipinski definition) is 2. The van der Waals surface area contributed by atoms with Gasteiger partial charge in [-0.1, -0.05) is 6.73 Å². The van der Waals surface area contributed by atoms with Crippen LogP contribution in [0.1, 0.15) is 27.7 Å². The topological polar surface area (TPSA) is 26.3 Å². The van der Waals surface area contributed by atoms with E-state index in [4.69, 9.17) is 0 Å². The van der Waals surface area contributed by atoms with Crippen LogP contribution in [0.15, 0.2) is 0 Å². The molecule has 0 saturated carbocycles. The van der Waals surface area contributed by atoms with Gasteiger partial charge in [-0.25, -0.2) is 0 Å². The smallest absolute Gasteiger partial charge is 0.843 e. The van der Waals surface area contributed by atoms with Gasteiger partial charge < -0.3 is 10.0 Å². The fourth-order valence-corrected chi connectivity index (χ4v) is 0.894. The van der Waals surface area contributed by atoms with E-state index >= 15 is 0 Å². The second-order valence-corrected chi connectivity index (χ2v) is 2.83. The number of hydrogen-bond donors (Lipinski definition) is 0. The molecule has 0 radical (unpaired) electrons. The van der Waals surface area contributed by atoms with Gasteiger partial charge in [0.15, 0.2) is 0 Å². The van der Waals surface area contributed by atoms with Gasteiger partial charge in [-0.15, -0.1) is 0 Å². The van der Waals surface area contributed by atoms with Gasteiger partial charge in [-0.2, -0.15) is 0 Å². The Kier molecular flexibility index (Phi) is 8.20. The van der Waals surface area contributed by atoms with Crippen LogP contribution in [-0.2, 0) is 0 Å². The quantitative estimate of drug-likeness (QED) is 0.315. The molecule has 10 heavy (non-hydrogen) atoms. The maximum Gasteiger partial charge on any atom is 1.00 e. The van der Waals surface area contributed by atoms with Gasteiger partial charge in [0, 0.05) is 12.1 Å². The molecule has 0 unspecified atom stereocenters. The molecule has 0 aliphatic heterocycles. The van der Waals surface area contributed by atoms with Crippen molar-refractivity contribution in [1.82, 2.24) is 4.90 Å². The molecular weight excluding hydrogens is 121 g/mol. The first-order valence-corrected chi connectivity index (χ1v) is 3.43. The molecule has 0 aromatic carbocycles. The molecule has 0 rings (SSSR count). The Morgan fingerprint density at radius 2 is 1.40 bits per heavy atom. The summed E-state index contributed by atoms with van der Waals surface area (Å²) in [4.78, 5) is 1.90. The Hall–Kier alpha value is 0.517. The summed E-state index contributed by atoms with van der Waals surface area (Å²) in [5.74, 6) is 0. The molecule has 0 aromatic rings. The van der Waals surface area contributed by atoms with Crippen LogP contribution in [0.2, 0.25) is 0 Å². The molecule has 56 valence electrons. The van der Waals surface area contributed by atoms with Gasteiger partial charge in [-0.3, -0.25) is 0 Å². The number of nitrogens with zero attached hydrogens (tertiary/aromatic N) is 1. The van der Waals surface area contributed by atoms with Crippen LogP contribution in [0.25, 0.3) is 0 Å². The van der Waals surface area contributed by atoms with Crippen LogP contribution in [0.3, 0.4) is 0 Å². The molecule has 0 bridgehead atoms. The molecule has 0 aliphatic carbocycles. The van der Waals surface area contributed by atoms with Crippen LogP contribution in [0.4, 0.5) is 0 Å². The van der Waals surface area contributed by atoms with Crippen LogP contribution in [-0.4, -0.2) is 23.7 Å². The van der Waals surface area contributed by atoms with Crippen molar-refractivity contribution in [3.8, 4) is 0 Å². The molecule has 3 heteroatoms. The Labute approximate surface area is 75.8 Å². The van der Waals surface area contributed by atoms with E-state index in [0.29, 0.717) is 12.1 Å². The Morgan fingerprint density at radius 1 is 1.10 bits per heavy atom. The van der Waals surface area contributed by atoms with E-state index in [9.17, 15) is 5.11 Å². The van der Waals surface area contributed by atoms with Crippen LogP contribution in [0.5, 0.6) is 0 Å². The van der Waals surface area contributed by atoms with Crippen molar-refractivity contribution < 1.29 is 24.0 Å². The molecule has 0 amide bonds. The molecule has 0 atom stereocenters. The van der Waals surface area contributed by atoms with Gasteiger partial charge in [-0.05, 0) is 27.7 Å². The zero-order valence-electron chi connectivity index (χ0n) is 7.72. The summed E-state index contributed by atoms with van der Waals surface area (Å²) in [6, 6.07) is 0.755. The molecular formula is C7H16LiNO. The van der Waals surface area contributed by atoms with E-state index < -0.39 is 0 Å². The third-order valence-corrected chi connectivity index (χ3v) is 1.48. The largest absolute Gasteiger partial charge is 1.00 e. The van der Waals surface area contributed by atoms with Gasteiger partial charge in [0.1, 0.15) is 0 Å². The van der Waals surface area contributed by atoms with Crippen LogP contribution in [0, 0.1) is 0 Å². The summed E-state index contributed by atoms with van der Waals surface area (Å²) in [5.41, 5.74) is 0. The minimum Gasteiger partial charge on any atom is -0.843 e. The summed E-state index contributed by atoms with van der Waals surface area (Å²) < 4.78 is 0. The third kappa shape index (κ3) is 4.35. The van der Waals surface area contributed by atoms with Gasteiger partial charge >= 0.3 is 18.9 Å². The van der Waals surface area contributed by atoms with E-state index in [-0.39, 0.29) is 25.6 Å². The second kappa shape index (κ2) is 6.24. The van der Waals surface area contributed by atoms with Crippen LogP contribution < -0.4 is 24.0 Å².